The molecule has 0 N–H and O–H groups in total. The van der Waals surface area contributed by atoms with Gasteiger partial charge in [0.25, 0.3) is 0 Å². The number of ketones is 1. The second kappa shape index (κ2) is 5.37. The van der Waals surface area contributed by atoms with Gasteiger partial charge in [0, 0.05) is 6.42 Å². The molecule has 1 saturated heterocycles. The summed E-state index contributed by atoms with van der Waals surface area (Å²) in [6, 6.07) is 9.59. The molecule has 106 valence electrons. The van der Waals surface area contributed by atoms with Gasteiger partial charge in [-0.1, -0.05) is 30.3 Å². The zero-order chi connectivity index (χ0) is 14.0. The molecular weight excluding hydrogens is 256 g/mol. The van der Waals surface area contributed by atoms with Crippen LogP contribution in [0.15, 0.2) is 30.3 Å². The van der Waals surface area contributed by atoms with E-state index in [2.05, 4.69) is 0 Å². The number of ether oxygens (including phenoxy) is 2. The van der Waals surface area contributed by atoms with Gasteiger partial charge in [-0.2, -0.15) is 0 Å². The molecule has 0 spiro atoms. The Balaban J connectivity index is 1.66. The van der Waals surface area contributed by atoms with Crippen molar-refractivity contribution in [2.75, 3.05) is 6.61 Å². The SMILES string of the molecule is O=C1CC[C@@](C(=O)OCc2ccccc2)(C2CC2)OC1. The minimum absolute atomic E-state index is 0.0386. The van der Waals surface area contributed by atoms with Crippen LogP contribution in [0.3, 0.4) is 0 Å². The summed E-state index contributed by atoms with van der Waals surface area (Å²) in [5, 5.41) is 0. The van der Waals surface area contributed by atoms with Crippen molar-refractivity contribution < 1.29 is 19.1 Å². The minimum atomic E-state index is -0.872. The third-order valence-electron chi connectivity index (χ3n) is 4.06. The van der Waals surface area contributed by atoms with E-state index in [0.29, 0.717) is 12.8 Å². The monoisotopic (exact) mass is 274 g/mol. The first kappa shape index (κ1) is 13.3. The first-order valence-corrected chi connectivity index (χ1v) is 7.07. The normalized spacial score (nSPS) is 26.3. The molecule has 0 amide bonds. The van der Waals surface area contributed by atoms with E-state index in [-0.39, 0.29) is 30.9 Å². The summed E-state index contributed by atoms with van der Waals surface area (Å²) < 4.78 is 11.1. The summed E-state index contributed by atoms with van der Waals surface area (Å²) in [5.74, 6) is -0.0210. The zero-order valence-electron chi connectivity index (χ0n) is 11.3. The molecule has 3 rings (SSSR count). The quantitative estimate of drug-likeness (QED) is 0.790. The van der Waals surface area contributed by atoms with Crippen LogP contribution in [-0.4, -0.2) is 24.0 Å². The number of hydrogen-bond acceptors (Lipinski definition) is 4. The fraction of sp³-hybridized carbons (Fsp3) is 0.500. The maximum absolute atomic E-state index is 12.4. The number of rotatable bonds is 4. The lowest BCUT2D eigenvalue weighted by Crippen LogP contribution is -2.49. The van der Waals surface area contributed by atoms with Gasteiger partial charge in [-0.3, -0.25) is 4.79 Å². The Kier molecular flexibility index (Phi) is 3.57. The highest BCUT2D eigenvalue weighted by Gasteiger charge is 2.54. The molecule has 1 atom stereocenters. The second-order valence-electron chi connectivity index (χ2n) is 5.55. The van der Waals surface area contributed by atoms with Gasteiger partial charge in [0.1, 0.15) is 13.2 Å². The lowest BCUT2D eigenvalue weighted by atomic mass is 9.88. The molecule has 20 heavy (non-hydrogen) atoms. The van der Waals surface area contributed by atoms with Crippen molar-refractivity contribution in [1.82, 2.24) is 0 Å². The zero-order valence-corrected chi connectivity index (χ0v) is 11.3. The van der Waals surface area contributed by atoms with Crippen LogP contribution in [0.25, 0.3) is 0 Å². The molecule has 2 fully saturated rings. The molecule has 1 aromatic rings. The van der Waals surface area contributed by atoms with E-state index in [9.17, 15) is 9.59 Å². The average Bonchev–Trinajstić information content (AvgIpc) is 3.32. The van der Waals surface area contributed by atoms with Gasteiger partial charge in [-0.15, -0.1) is 0 Å². The highest BCUT2D eigenvalue weighted by Crippen LogP contribution is 2.46. The second-order valence-corrected chi connectivity index (χ2v) is 5.55. The topological polar surface area (TPSA) is 52.6 Å². The molecule has 1 aliphatic carbocycles. The molecule has 4 heteroatoms. The highest BCUT2D eigenvalue weighted by atomic mass is 16.6. The van der Waals surface area contributed by atoms with E-state index in [1.807, 2.05) is 30.3 Å². The van der Waals surface area contributed by atoms with E-state index in [1.165, 1.54) is 0 Å². The Morgan fingerprint density at radius 2 is 2.05 bits per heavy atom. The molecule has 0 aromatic heterocycles. The van der Waals surface area contributed by atoms with Gasteiger partial charge in [-0.25, -0.2) is 4.79 Å². The van der Waals surface area contributed by atoms with Gasteiger partial charge in [-0.05, 0) is 30.7 Å². The van der Waals surface area contributed by atoms with Crippen LogP contribution in [0.4, 0.5) is 0 Å². The molecule has 1 saturated carbocycles. The fourth-order valence-electron chi connectivity index (χ4n) is 2.72. The van der Waals surface area contributed by atoms with Gasteiger partial charge < -0.3 is 9.47 Å². The maximum atomic E-state index is 12.4. The van der Waals surface area contributed by atoms with Crippen LogP contribution in [0.2, 0.25) is 0 Å². The van der Waals surface area contributed by atoms with Crippen molar-refractivity contribution in [1.29, 1.82) is 0 Å². The molecule has 1 aliphatic heterocycles. The summed E-state index contributed by atoms with van der Waals surface area (Å²) in [6.07, 6.45) is 2.84. The first-order valence-electron chi connectivity index (χ1n) is 7.07. The Morgan fingerprint density at radius 3 is 2.65 bits per heavy atom. The smallest absolute Gasteiger partial charge is 0.339 e. The number of Topliss-reactive ketones (excluding diaryl/α,β-unsaturated/α-hetero) is 1. The van der Waals surface area contributed by atoms with Crippen LogP contribution in [0, 0.1) is 5.92 Å². The number of carbonyl (C=O) groups is 2. The van der Waals surface area contributed by atoms with Crippen molar-refractivity contribution in [3.05, 3.63) is 35.9 Å². The predicted molar refractivity (Wildman–Crippen MR) is 71.9 cm³/mol. The predicted octanol–water partition coefficient (Wildman–Crippen LogP) is 2.26. The van der Waals surface area contributed by atoms with E-state index < -0.39 is 5.60 Å². The third kappa shape index (κ3) is 2.61. The number of hydrogen-bond donors (Lipinski definition) is 0. The molecule has 0 radical (unpaired) electrons. The van der Waals surface area contributed by atoms with Crippen molar-refractivity contribution in [3.63, 3.8) is 0 Å². The number of esters is 1. The van der Waals surface area contributed by atoms with Crippen molar-refractivity contribution in [2.24, 2.45) is 5.92 Å². The Bertz CT molecular complexity index is 494. The van der Waals surface area contributed by atoms with Crippen LogP contribution in [-0.2, 0) is 25.7 Å². The first-order chi connectivity index (χ1) is 9.71. The van der Waals surface area contributed by atoms with Crippen molar-refractivity contribution in [3.8, 4) is 0 Å². The molecule has 1 aromatic carbocycles. The summed E-state index contributed by atoms with van der Waals surface area (Å²) in [7, 11) is 0. The highest BCUT2D eigenvalue weighted by molar-refractivity contribution is 5.86. The van der Waals surface area contributed by atoms with Crippen molar-refractivity contribution in [2.45, 2.75) is 37.9 Å². The molecule has 2 aliphatic rings. The minimum Gasteiger partial charge on any atom is -0.459 e. The van der Waals surface area contributed by atoms with Crippen molar-refractivity contribution >= 4 is 11.8 Å². The summed E-state index contributed by atoms with van der Waals surface area (Å²) in [4.78, 5) is 23.7. The van der Waals surface area contributed by atoms with E-state index in [0.717, 1.165) is 18.4 Å². The third-order valence-corrected chi connectivity index (χ3v) is 4.06. The van der Waals surface area contributed by atoms with Crippen LogP contribution < -0.4 is 0 Å². The summed E-state index contributed by atoms with van der Waals surface area (Å²) >= 11 is 0. The largest absolute Gasteiger partial charge is 0.459 e. The standard InChI is InChI=1S/C16H18O4/c17-14-8-9-16(20-11-14,13-6-7-13)15(18)19-10-12-4-2-1-3-5-12/h1-5,13H,6-11H2/t16-/m0/s1. The Hall–Kier alpha value is -1.68. The Morgan fingerprint density at radius 1 is 1.30 bits per heavy atom. The molecule has 1 heterocycles. The number of carbonyl (C=O) groups excluding carboxylic acids is 2. The lowest BCUT2D eigenvalue weighted by Gasteiger charge is -2.34. The maximum Gasteiger partial charge on any atom is 0.339 e. The van der Waals surface area contributed by atoms with Gasteiger partial charge in [0.2, 0.25) is 0 Å². The van der Waals surface area contributed by atoms with Crippen LogP contribution in [0.1, 0.15) is 31.2 Å². The van der Waals surface area contributed by atoms with E-state index in [4.69, 9.17) is 9.47 Å². The summed E-state index contributed by atoms with van der Waals surface area (Å²) in [6.45, 7) is 0.294. The lowest BCUT2D eigenvalue weighted by molar-refractivity contribution is -0.185. The van der Waals surface area contributed by atoms with Crippen LogP contribution >= 0.6 is 0 Å². The van der Waals surface area contributed by atoms with E-state index >= 15 is 0 Å². The Labute approximate surface area is 118 Å². The fourth-order valence-corrected chi connectivity index (χ4v) is 2.72. The van der Waals surface area contributed by atoms with Gasteiger partial charge in [0.05, 0.1) is 0 Å². The number of benzene rings is 1. The molecule has 0 unspecified atom stereocenters. The average molecular weight is 274 g/mol. The molecule has 0 bridgehead atoms. The van der Waals surface area contributed by atoms with Crippen LogP contribution in [0.5, 0.6) is 0 Å². The molecule has 4 nitrogen and oxygen atoms in total. The summed E-state index contributed by atoms with van der Waals surface area (Å²) in [5.41, 5.74) is 0.0848. The molecular formula is C16H18O4. The van der Waals surface area contributed by atoms with E-state index in [1.54, 1.807) is 0 Å². The van der Waals surface area contributed by atoms with Gasteiger partial charge in [0.15, 0.2) is 11.4 Å². The van der Waals surface area contributed by atoms with Gasteiger partial charge >= 0.3 is 5.97 Å².